The Balaban J connectivity index is 3.82. The summed E-state index contributed by atoms with van der Waals surface area (Å²) < 4.78 is 0. The van der Waals surface area contributed by atoms with Gasteiger partial charge < -0.3 is 5.11 Å². The standard InChI is InChI=1S/C4H6O2S/c1-2-3(7)4(5)6/h2,7H,1H3,(H,5,6). The van der Waals surface area contributed by atoms with Gasteiger partial charge in [-0.3, -0.25) is 0 Å². The van der Waals surface area contributed by atoms with Crippen LogP contribution in [0.1, 0.15) is 6.92 Å². The van der Waals surface area contributed by atoms with Gasteiger partial charge in [-0.1, -0.05) is 6.08 Å². The summed E-state index contributed by atoms with van der Waals surface area (Å²) in [6.45, 7) is 1.62. The number of carboxylic acid groups (broad SMARTS) is 1. The van der Waals surface area contributed by atoms with Crippen LogP contribution in [-0.4, -0.2) is 11.1 Å². The smallest absolute Gasteiger partial charge is 0.341 e. The molecule has 0 aliphatic carbocycles. The summed E-state index contributed by atoms with van der Waals surface area (Å²) in [5.74, 6) is -0.981. The average molecular weight is 118 g/mol. The van der Waals surface area contributed by atoms with Crippen LogP contribution in [0.3, 0.4) is 0 Å². The second kappa shape index (κ2) is 2.69. The van der Waals surface area contributed by atoms with Crippen molar-refractivity contribution in [3.63, 3.8) is 0 Å². The number of aliphatic carboxylic acids is 1. The highest BCUT2D eigenvalue weighted by atomic mass is 32.1. The molecule has 0 amide bonds. The lowest BCUT2D eigenvalue weighted by Crippen LogP contribution is -1.91. The van der Waals surface area contributed by atoms with Gasteiger partial charge in [-0.05, 0) is 6.92 Å². The number of thiol groups is 1. The van der Waals surface area contributed by atoms with Gasteiger partial charge in [0.05, 0.1) is 4.91 Å². The molecule has 0 aliphatic heterocycles. The molecule has 0 unspecified atom stereocenters. The third-order valence-electron chi connectivity index (χ3n) is 0.493. The third-order valence-corrected chi connectivity index (χ3v) is 0.942. The van der Waals surface area contributed by atoms with Crippen LogP contribution in [0, 0.1) is 0 Å². The molecule has 0 bridgehead atoms. The van der Waals surface area contributed by atoms with E-state index in [1.54, 1.807) is 6.92 Å². The van der Waals surface area contributed by atoms with Crippen LogP contribution in [0.4, 0.5) is 0 Å². The summed E-state index contributed by atoms with van der Waals surface area (Å²) in [5.41, 5.74) is 0. The van der Waals surface area contributed by atoms with Crippen molar-refractivity contribution in [2.75, 3.05) is 0 Å². The van der Waals surface area contributed by atoms with Gasteiger partial charge in [0.25, 0.3) is 0 Å². The van der Waals surface area contributed by atoms with Gasteiger partial charge in [0, 0.05) is 0 Å². The number of hydrogen-bond donors (Lipinski definition) is 2. The molecule has 0 aliphatic rings. The van der Waals surface area contributed by atoms with Crippen LogP contribution < -0.4 is 0 Å². The van der Waals surface area contributed by atoms with E-state index < -0.39 is 5.97 Å². The van der Waals surface area contributed by atoms with Crippen molar-refractivity contribution < 1.29 is 9.90 Å². The lowest BCUT2D eigenvalue weighted by atomic mass is 10.5. The molecule has 2 nitrogen and oxygen atoms in total. The second-order valence-corrected chi connectivity index (χ2v) is 1.46. The summed E-state index contributed by atoms with van der Waals surface area (Å²) in [5, 5.41) is 8.04. The van der Waals surface area contributed by atoms with Gasteiger partial charge >= 0.3 is 5.97 Å². The minimum absolute atomic E-state index is 0.0833. The summed E-state index contributed by atoms with van der Waals surface area (Å²) in [6, 6.07) is 0. The Morgan fingerprint density at radius 2 is 2.29 bits per heavy atom. The maximum Gasteiger partial charge on any atom is 0.341 e. The molecule has 0 atom stereocenters. The first kappa shape index (κ1) is 6.56. The Kier molecular flexibility index (Phi) is 2.52. The monoisotopic (exact) mass is 118 g/mol. The zero-order chi connectivity index (χ0) is 5.86. The summed E-state index contributed by atoms with van der Waals surface area (Å²) >= 11 is 3.59. The summed E-state index contributed by atoms with van der Waals surface area (Å²) in [6.07, 6.45) is 1.42. The van der Waals surface area contributed by atoms with Gasteiger partial charge in [0.15, 0.2) is 0 Å². The maximum absolute atomic E-state index is 9.79. The summed E-state index contributed by atoms with van der Waals surface area (Å²) in [7, 11) is 0. The molecule has 0 spiro atoms. The molecule has 0 radical (unpaired) electrons. The maximum atomic E-state index is 9.79. The van der Waals surface area contributed by atoms with Crippen molar-refractivity contribution in [1.82, 2.24) is 0 Å². The minimum atomic E-state index is -0.981. The van der Waals surface area contributed by atoms with Crippen molar-refractivity contribution in [2.45, 2.75) is 6.92 Å². The molecule has 0 aromatic carbocycles. The first-order chi connectivity index (χ1) is 3.18. The molecule has 0 rings (SSSR count). The van der Waals surface area contributed by atoms with E-state index >= 15 is 0 Å². The predicted octanol–water partition coefficient (Wildman–Crippen LogP) is 0.905. The van der Waals surface area contributed by atoms with E-state index in [-0.39, 0.29) is 4.91 Å². The lowest BCUT2D eigenvalue weighted by Gasteiger charge is -1.82. The summed E-state index contributed by atoms with van der Waals surface area (Å²) in [4.78, 5) is 9.87. The quantitative estimate of drug-likeness (QED) is 0.396. The Morgan fingerprint density at radius 3 is 2.29 bits per heavy atom. The molecule has 0 aromatic rings. The molecular weight excluding hydrogens is 112 g/mol. The van der Waals surface area contributed by atoms with Crippen molar-refractivity contribution in [2.24, 2.45) is 0 Å². The topological polar surface area (TPSA) is 37.3 Å². The molecule has 7 heavy (non-hydrogen) atoms. The number of carboxylic acids is 1. The molecule has 1 N–H and O–H groups in total. The fourth-order valence-electron chi connectivity index (χ4n) is 0.123. The first-order valence-corrected chi connectivity index (χ1v) is 2.21. The number of rotatable bonds is 1. The predicted molar refractivity (Wildman–Crippen MR) is 30.4 cm³/mol. The van der Waals surface area contributed by atoms with Crippen molar-refractivity contribution in [3.05, 3.63) is 11.0 Å². The van der Waals surface area contributed by atoms with E-state index in [4.69, 9.17) is 5.11 Å². The molecule has 40 valence electrons. The zero-order valence-corrected chi connectivity index (χ0v) is 4.77. The zero-order valence-electron chi connectivity index (χ0n) is 3.88. The van der Waals surface area contributed by atoms with E-state index in [1.807, 2.05) is 0 Å². The van der Waals surface area contributed by atoms with Crippen LogP contribution in [0.2, 0.25) is 0 Å². The highest BCUT2D eigenvalue weighted by Crippen LogP contribution is 1.96. The molecule has 3 heteroatoms. The number of allylic oxidation sites excluding steroid dienone is 1. The van der Waals surface area contributed by atoms with Crippen molar-refractivity contribution in [1.29, 1.82) is 0 Å². The number of hydrogen-bond acceptors (Lipinski definition) is 2. The largest absolute Gasteiger partial charge is 0.477 e. The second-order valence-electron chi connectivity index (χ2n) is 0.979. The average Bonchev–Trinajstić information content (AvgIpc) is 1.65. The van der Waals surface area contributed by atoms with E-state index in [1.165, 1.54) is 6.08 Å². The Labute approximate surface area is 47.3 Å². The Morgan fingerprint density at radius 1 is 1.86 bits per heavy atom. The van der Waals surface area contributed by atoms with Crippen molar-refractivity contribution in [3.8, 4) is 0 Å². The van der Waals surface area contributed by atoms with E-state index in [0.29, 0.717) is 0 Å². The molecule has 0 fully saturated rings. The van der Waals surface area contributed by atoms with E-state index in [9.17, 15) is 4.79 Å². The van der Waals surface area contributed by atoms with Crippen LogP contribution in [0.15, 0.2) is 11.0 Å². The molecule has 0 heterocycles. The van der Waals surface area contributed by atoms with Gasteiger partial charge in [-0.25, -0.2) is 4.79 Å². The fraction of sp³-hybridized carbons (Fsp3) is 0.250. The SMILES string of the molecule is CC=C(S)C(=O)O. The Bertz CT molecular complexity index is 106. The Hall–Kier alpha value is -0.440. The van der Waals surface area contributed by atoms with Gasteiger partial charge in [0.1, 0.15) is 0 Å². The minimum Gasteiger partial charge on any atom is -0.477 e. The van der Waals surface area contributed by atoms with E-state index in [0.717, 1.165) is 0 Å². The van der Waals surface area contributed by atoms with Crippen LogP contribution >= 0.6 is 12.6 Å². The van der Waals surface area contributed by atoms with Crippen LogP contribution in [0.5, 0.6) is 0 Å². The molecule has 0 saturated carbocycles. The normalized spacial score (nSPS) is 11.4. The van der Waals surface area contributed by atoms with E-state index in [2.05, 4.69) is 12.6 Å². The van der Waals surface area contributed by atoms with Crippen LogP contribution in [0.25, 0.3) is 0 Å². The molecule has 0 saturated heterocycles. The third kappa shape index (κ3) is 2.28. The molecular formula is C4H6O2S. The van der Waals surface area contributed by atoms with Gasteiger partial charge in [0.2, 0.25) is 0 Å². The van der Waals surface area contributed by atoms with Gasteiger partial charge in [-0.15, -0.1) is 12.6 Å². The fourth-order valence-corrected chi connectivity index (χ4v) is 0.123. The highest BCUT2D eigenvalue weighted by molar-refractivity contribution is 7.85. The first-order valence-electron chi connectivity index (χ1n) is 1.77. The highest BCUT2D eigenvalue weighted by Gasteiger charge is 1.94. The number of carbonyl (C=O) groups is 1. The van der Waals surface area contributed by atoms with Gasteiger partial charge in [-0.2, -0.15) is 0 Å². The van der Waals surface area contributed by atoms with Crippen LogP contribution in [-0.2, 0) is 4.79 Å². The van der Waals surface area contributed by atoms with Crippen molar-refractivity contribution >= 4 is 18.6 Å². The lowest BCUT2D eigenvalue weighted by molar-refractivity contribution is -0.131. The molecule has 0 aromatic heterocycles.